The van der Waals surface area contributed by atoms with Gasteiger partial charge in [-0.05, 0) is 12.8 Å². The first kappa shape index (κ1) is 13.5. The van der Waals surface area contributed by atoms with Crippen LogP contribution in [0.4, 0.5) is 9.59 Å². The summed E-state index contributed by atoms with van der Waals surface area (Å²) in [4.78, 5) is 26.4. The fourth-order valence-electron chi connectivity index (χ4n) is 3.69. The quantitative estimate of drug-likeness (QED) is 0.801. The van der Waals surface area contributed by atoms with Crippen LogP contribution in [-0.4, -0.2) is 58.4 Å². The van der Waals surface area contributed by atoms with E-state index in [4.69, 9.17) is 9.84 Å². The van der Waals surface area contributed by atoms with Gasteiger partial charge in [-0.25, -0.2) is 9.59 Å². The Morgan fingerprint density at radius 2 is 1.85 bits per heavy atom. The number of hydrogen-bond acceptors (Lipinski definition) is 3. The minimum atomic E-state index is -0.881. The highest BCUT2D eigenvalue weighted by atomic mass is 16.6. The molecule has 1 spiro atoms. The van der Waals surface area contributed by atoms with E-state index in [-0.39, 0.29) is 6.09 Å². The number of ether oxygens (including phenoxy) is 1. The van der Waals surface area contributed by atoms with Gasteiger partial charge in [0.2, 0.25) is 0 Å². The van der Waals surface area contributed by atoms with Crippen LogP contribution in [-0.2, 0) is 4.74 Å². The molecule has 20 heavy (non-hydrogen) atoms. The van der Waals surface area contributed by atoms with Crippen molar-refractivity contribution in [2.45, 2.75) is 56.6 Å². The number of amides is 2. The summed E-state index contributed by atoms with van der Waals surface area (Å²) < 4.78 is 5.65. The Balaban J connectivity index is 1.63. The van der Waals surface area contributed by atoms with E-state index in [1.54, 1.807) is 0 Å². The van der Waals surface area contributed by atoms with Gasteiger partial charge in [0, 0.05) is 32.0 Å². The van der Waals surface area contributed by atoms with Gasteiger partial charge in [0.1, 0.15) is 5.60 Å². The van der Waals surface area contributed by atoms with Crippen LogP contribution in [0.15, 0.2) is 0 Å². The van der Waals surface area contributed by atoms with Crippen molar-refractivity contribution in [3.63, 3.8) is 0 Å². The highest BCUT2D eigenvalue weighted by Gasteiger charge is 2.49. The maximum absolute atomic E-state index is 12.1. The molecule has 0 aromatic carbocycles. The molecule has 2 saturated heterocycles. The zero-order chi connectivity index (χ0) is 14.2. The number of carbonyl (C=O) groups is 2. The molecule has 3 aliphatic rings. The van der Waals surface area contributed by atoms with Crippen LogP contribution in [0.5, 0.6) is 0 Å². The normalized spacial score (nSPS) is 26.9. The second-order valence-electron chi connectivity index (χ2n) is 6.24. The third-order valence-electron chi connectivity index (χ3n) is 4.96. The smallest absolute Gasteiger partial charge is 0.410 e. The second-order valence-corrected chi connectivity index (χ2v) is 6.24. The SMILES string of the molecule is O=C(O)N1CCC2(CC1)CN(C1CCCCC1)C(=O)O2. The molecule has 112 valence electrons. The minimum absolute atomic E-state index is 0.194. The van der Waals surface area contributed by atoms with Crippen molar-refractivity contribution in [1.29, 1.82) is 0 Å². The zero-order valence-electron chi connectivity index (χ0n) is 11.7. The lowest BCUT2D eigenvalue weighted by Gasteiger charge is -2.36. The summed E-state index contributed by atoms with van der Waals surface area (Å²) >= 11 is 0. The van der Waals surface area contributed by atoms with Gasteiger partial charge in [0.15, 0.2) is 0 Å². The number of hydrogen-bond donors (Lipinski definition) is 1. The molecular weight excluding hydrogens is 260 g/mol. The van der Waals surface area contributed by atoms with Crippen molar-refractivity contribution in [1.82, 2.24) is 9.80 Å². The molecule has 0 radical (unpaired) electrons. The van der Waals surface area contributed by atoms with Crippen LogP contribution in [0, 0.1) is 0 Å². The van der Waals surface area contributed by atoms with Gasteiger partial charge in [-0.15, -0.1) is 0 Å². The highest BCUT2D eigenvalue weighted by Crippen LogP contribution is 2.36. The molecule has 3 rings (SSSR count). The maximum Gasteiger partial charge on any atom is 0.410 e. The summed E-state index contributed by atoms with van der Waals surface area (Å²) in [5, 5.41) is 8.99. The highest BCUT2D eigenvalue weighted by molar-refractivity contribution is 5.71. The standard InChI is InChI=1S/C14H22N2O4/c17-12(18)15-8-6-14(7-9-15)10-16(13(19)20-14)11-4-2-1-3-5-11/h11H,1-10H2,(H,17,18). The van der Waals surface area contributed by atoms with Crippen LogP contribution in [0.2, 0.25) is 0 Å². The largest absolute Gasteiger partial charge is 0.465 e. The van der Waals surface area contributed by atoms with Gasteiger partial charge in [-0.1, -0.05) is 19.3 Å². The van der Waals surface area contributed by atoms with Crippen LogP contribution in [0.1, 0.15) is 44.9 Å². The first-order chi connectivity index (χ1) is 9.60. The topological polar surface area (TPSA) is 70.1 Å². The van der Waals surface area contributed by atoms with Gasteiger partial charge in [0.05, 0.1) is 6.54 Å². The number of nitrogens with zero attached hydrogens (tertiary/aromatic N) is 2. The summed E-state index contributed by atoms with van der Waals surface area (Å²) in [6.45, 7) is 1.56. The fourth-order valence-corrected chi connectivity index (χ4v) is 3.69. The van der Waals surface area contributed by atoms with E-state index in [2.05, 4.69) is 0 Å². The Bertz CT molecular complexity index is 398. The molecule has 1 N–H and O–H groups in total. The Hall–Kier alpha value is -1.46. The summed E-state index contributed by atoms with van der Waals surface area (Å²) in [6.07, 6.45) is 5.95. The molecule has 0 aromatic heterocycles. The fraction of sp³-hybridized carbons (Fsp3) is 0.857. The summed E-state index contributed by atoms with van der Waals surface area (Å²) in [5.74, 6) is 0. The molecule has 2 heterocycles. The van der Waals surface area contributed by atoms with Gasteiger partial charge < -0.3 is 19.6 Å². The Labute approximate surface area is 118 Å². The molecule has 2 aliphatic heterocycles. The van der Waals surface area contributed by atoms with Crippen molar-refractivity contribution in [2.75, 3.05) is 19.6 Å². The molecule has 0 bridgehead atoms. The van der Waals surface area contributed by atoms with Crippen molar-refractivity contribution >= 4 is 12.2 Å². The lowest BCUT2D eigenvalue weighted by molar-refractivity contribution is 0.00421. The van der Waals surface area contributed by atoms with Crippen LogP contribution in [0.3, 0.4) is 0 Å². The monoisotopic (exact) mass is 282 g/mol. The molecule has 1 aliphatic carbocycles. The Morgan fingerprint density at radius 3 is 2.45 bits per heavy atom. The first-order valence-electron chi connectivity index (χ1n) is 7.57. The van der Waals surface area contributed by atoms with Crippen LogP contribution >= 0.6 is 0 Å². The summed E-state index contributed by atoms with van der Waals surface area (Å²) in [7, 11) is 0. The van der Waals surface area contributed by atoms with E-state index in [1.807, 2.05) is 4.90 Å². The van der Waals surface area contributed by atoms with E-state index in [0.29, 0.717) is 38.5 Å². The molecule has 2 amide bonds. The van der Waals surface area contributed by atoms with Gasteiger partial charge in [-0.3, -0.25) is 0 Å². The maximum atomic E-state index is 12.1. The second kappa shape index (κ2) is 5.14. The van der Waals surface area contributed by atoms with Crippen molar-refractivity contribution in [2.24, 2.45) is 0 Å². The van der Waals surface area contributed by atoms with E-state index in [9.17, 15) is 9.59 Å². The Morgan fingerprint density at radius 1 is 1.20 bits per heavy atom. The molecule has 6 nitrogen and oxygen atoms in total. The van der Waals surface area contributed by atoms with Crippen LogP contribution < -0.4 is 0 Å². The number of likely N-dealkylation sites (tertiary alicyclic amines) is 1. The third-order valence-corrected chi connectivity index (χ3v) is 4.96. The number of carbonyl (C=O) groups excluding carboxylic acids is 1. The predicted molar refractivity (Wildman–Crippen MR) is 71.6 cm³/mol. The van der Waals surface area contributed by atoms with Crippen LogP contribution in [0.25, 0.3) is 0 Å². The predicted octanol–water partition coefficient (Wildman–Crippen LogP) is 2.28. The average Bonchev–Trinajstić information content (AvgIpc) is 2.77. The first-order valence-corrected chi connectivity index (χ1v) is 7.57. The lowest BCUT2D eigenvalue weighted by Crippen LogP contribution is -2.49. The molecular formula is C14H22N2O4. The van der Waals surface area contributed by atoms with Gasteiger partial charge in [-0.2, -0.15) is 0 Å². The van der Waals surface area contributed by atoms with Crippen molar-refractivity contribution in [3.8, 4) is 0 Å². The third kappa shape index (κ3) is 2.43. The van der Waals surface area contributed by atoms with E-state index < -0.39 is 11.7 Å². The molecule has 0 unspecified atom stereocenters. The van der Waals surface area contributed by atoms with Gasteiger partial charge >= 0.3 is 12.2 Å². The Kier molecular flexibility index (Phi) is 3.48. The van der Waals surface area contributed by atoms with Crippen molar-refractivity contribution < 1.29 is 19.4 Å². The molecule has 1 saturated carbocycles. The summed E-state index contributed by atoms with van der Waals surface area (Å²) in [6, 6.07) is 0.327. The molecule has 3 fully saturated rings. The van der Waals surface area contributed by atoms with E-state index in [0.717, 1.165) is 12.8 Å². The molecule has 6 heteroatoms. The summed E-state index contributed by atoms with van der Waals surface area (Å²) in [5.41, 5.74) is -0.444. The lowest BCUT2D eigenvalue weighted by atomic mass is 9.89. The number of rotatable bonds is 1. The minimum Gasteiger partial charge on any atom is -0.465 e. The van der Waals surface area contributed by atoms with Gasteiger partial charge in [0.25, 0.3) is 0 Å². The van der Waals surface area contributed by atoms with E-state index >= 15 is 0 Å². The average molecular weight is 282 g/mol. The zero-order valence-corrected chi connectivity index (χ0v) is 11.7. The number of carboxylic acid groups (broad SMARTS) is 1. The number of piperidine rings is 1. The van der Waals surface area contributed by atoms with Crippen molar-refractivity contribution in [3.05, 3.63) is 0 Å². The molecule has 0 aromatic rings. The van der Waals surface area contributed by atoms with E-state index in [1.165, 1.54) is 24.2 Å². The molecule has 0 atom stereocenters.